The Hall–Kier alpha value is -4.79. The van der Waals surface area contributed by atoms with Crippen LogP contribution in [-0.2, 0) is 44.6 Å². The van der Waals surface area contributed by atoms with Crippen LogP contribution in [0.3, 0.4) is 0 Å². The largest absolute Gasteiger partial charge is 0.460 e. The molecule has 1 aliphatic rings. The van der Waals surface area contributed by atoms with E-state index in [9.17, 15) is 28.8 Å². The Morgan fingerprint density at radius 2 is 1.29 bits per heavy atom. The molecule has 0 radical (unpaired) electrons. The molecule has 0 unspecified atom stereocenters. The van der Waals surface area contributed by atoms with Crippen molar-refractivity contribution < 1.29 is 43.0 Å². The van der Waals surface area contributed by atoms with E-state index in [1.807, 2.05) is 30.3 Å². The van der Waals surface area contributed by atoms with Gasteiger partial charge in [0.25, 0.3) is 0 Å². The third-order valence-corrected chi connectivity index (χ3v) is 9.55. The number of rotatable bonds is 18. The number of carbonyl (C=O) groups is 6. The number of hydrogen-bond donors (Lipinski definition) is 5. The maximum Gasteiger partial charge on any atom is 0.329 e. The highest BCUT2D eigenvalue weighted by molar-refractivity contribution is 5.89. The van der Waals surface area contributed by atoms with Crippen molar-refractivity contribution in [3.63, 3.8) is 0 Å². The molecular weight excluding hydrogens is 757 g/mol. The molecule has 1 aliphatic carbocycles. The molecule has 4 amide bonds. The van der Waals surface area contributed by atoms with Crippen LogP contribution in [0.5, 0.6) is 0 Å². The van der Waals surface area contributed by atoms with E-state index in [2.05, 4.69) is 26.3 Å². The van der Waals surface area contributed by atoms with Gasteiger partial charge in [0.15, 0.2) is 0 Å². The molecule has 1 fully saturated rings. The first-order valence-corrected chi connectivity index (χ1v) is 20.9. The van der Waals surface area contributed by atoms with Crippen molar-refractivity contribution in [3.05, 3.63) is 42.2 Å². The summed E-state index contributed by atoms with van der Waals surface area (Å²) >= 11 is 0. The van der Waals surface area contributed by atoms with Crippen LogP contribution in [0, 0.1) is 11.8 Å². The molecule has 3 rings (SSSR count). The second-order valence-corrected chi connectivity index (χ2v) is 18.4. The number of urea groups is 1. The molecule has 1 saturated carbocycles. The Balaban J connectivity index is 1.65. The number of nitrogens with two attached hydrogens (primary N) is 1. The molecule has 0 aliphatic heterocycles. The average molecular weight is 825 g/mol. The second-order valence-electron chi connectivity index (χ2n) is 18.4. The van der Waals surface area contributed by atoms with Crippen LogP contribution in [0.2, 0.25) is 0 Å². The van der Waals surface area contributed by atoms with E-state index in [1.54, 1.807) is 68.5 Å². The summed E-state index contributed by atoms with van der Waals surface area (Å²) in [7, 11) is 0. The monoisotopic (exact) mass is 825 g/mol. The number of benzene rings is 1. The fourth-order valence-corrected chi connectivity index (χ4v) is 6.67. The molecule has 3 atom stereocenters. The van der Waals surface area contributed by atoms with Crippen LogP contribution >= 0.6 is 0 Å². The van der Waals surface area contributed by atoms with E-state index in [0.717, 1.165) is 36.5 Å². The van der Waals surface area contributed by atoms with Crippen molar-refractivity contribution in [1.82, 2.24) is 26.3 Å². The first-order valence-electron chi connectivity index (χ1n) is 20.9. The lowest BCUT2D eigenvalue weighted by Gasteiger charge is -2.28. The number of pyridine rings is 1. The highest BCUT2D eigenvalue weighted by Gasteiger charge is 2.32. The lowest BCUT2D eigenvalue weighted by molar-refractivity contribution is -0.159. The van der Waals surface area contributed by atoms with Gasteiger partial charge in [-0.3, -0.25) is 19.4 Å². The lowest BCUT2D eigenvalue weighted by Crippen LogP contribution is -2.53. The van der Waals surface area contributed by atoms with Gasteiger partial charge >= 0.3 is 23.9 Å². The van der Waals surface area contributed by atoms with Gasteiger partial charge < -0.3 is 41.2 Å². The molecule has 15 nitrogen and oxygen atoms in total. The first-order chi connectivity index (χ1) is 27.5. The zero-order chi connectivity index (χ0) is 44.0. The van der Waals surface area contributed by atoms with Crippen LogP contribution in [0.25, 0.3) is 10.8 Å². The number of ether oxygens (including phenoxy) is 3. The van der Waals surface area contributed by atoms with Crippen molar-refractivity contribution in [3.8, 4) is 0 Å². The molecule has 6 N–H and O–H groups in total. The van der Waals surface area contributed by atoms with Crippen LogP contribution in [0.15, 0.2) is 36.5 Å². The van der Waals surface area contributed by atoms with Crippen molar-refractivity contribution in [1.29, 1.82) is 0 Å². The summed E-state index contributed by atoms with van der Waals surface area (Å²) in [6.45, 7) is 16.2. The van der Waals surface area contributed by atoms with Gasteiger partial charge in [-0.2, -0.15) is 0 Å². The molecule has 0 saturated heterocycles. The molecule has 0 bridgehead atoms. The van der Waals surface area contributed by atoms with Gasteiger partial charge in [-0.15, -0.1) is 0 Å². The number of carbonyl (C=O) groups excluding carboxylic acids is 6. The normalized spacial score (nSPS) is 17.5. The lowest BCUT2D eigenvalue weighted by atomic mass is 9.81. The summed E-state index contributed by atoms with van der Waals surface area (Å²) in [6.07, 6.45) is 5.85. The Morgan fingerprint density at radius 1 is 0.729 bits per heavy atom. The van der Waals surface area contributed by atoms with Crippen molar-refractivity contribution >= 4 is 46.5 Å². The SMILES string of the molecule is CC(C)(C)OC(=O)CC[C@H](NC(=O)N[C@@H](CCCCNC(=O)[C@H](Cc1cc2ccccc2cn1)NC(=O)C1CCC(CN)CC1)C(=O)OC(C)(C)C)C(=O)OC(C)(C)C. The van der Waals surface area contributed by atoms with Gasteiger partial charge in [-0.25, -0.2) is 14.4 Å². The molecule has 1 aromatic carbocycles. The van der Waals surface area contributed by atoms with E-state index >= 15 is 0 Å². The number of amides is 4. The van der Waals surface area contributed by atoms with Crippen LogP contribution in [-0.4, -0.2) is 88.8 Å². The third-order valence-electron chi connectivity index (χ3n) is 9.55. The number of hydrogen-bond acceptors (Lipinski definition) is 11. The Kier molecular flexibility index (Phi) is 18.1. The Morgan fingerprint density at radius 3 is 1.85 bits per heavy atom. The molecule has 1 aromatic heterocycles. The van der Waals surface area contributed by atoms with Gasteiger partial charge in [-0.05, 0) is 138 Å². The zero-order valence-electron chi connectivity index (χ0n) is 36.5. The molecule has 15 heteroatoms. The van der Waals surface area contributed by atoms with Crippen molar-refractivity contribution in [2.24, 2.45) is 17.6 Å². The number of esters is 3. The summed E-state index contributed by atoms with van der Waals surface area (Å²) < 4.78 is 16.5. The van der Waals surface area contributed by atoms with E-state index in [0.29, 0.717) is 31.0 Å². The summed E-state index contributed by atoms with van der Waals surface area (Å²) in [5.74, 6) is -2.28. The van der Waals surface area contributed by atoms with Crippen LogP contribution < -0.4 is 27.0 Å². The topological polar surface area (TPSA) is 217 Å². The fourth-order valence-electron chi connectivity index (χ4n) is 6.67. The maximum absolute atomic E-state index is 13.7. The standard InChI is InChI=1S/C44H68N6O9/c1-42(2,3)57-36(51)22-21-34(40(55)59-44(7,8)9)50-41(56)49-33(39(54)58-43(4,5)6)16-12-13-23-46-38(53)35(48-37(52)29-19-17-28(26-45)18-20-29)25-32-24-30-14-10-11-15-31(30)27-47-32/h10-11,14-15,24,27-29,33-35H,12-13,16-23,25-26,45H2,1-9H3,(H,46,53)(H,48,52)(H2,49,50,56)/t28?,29?,33-,34-,35-/m0/s1. The van der Waals surface area contributed by atoms with Gasteiger partial charge in [0.1, 0.15) is 34.9 Å². The number of nitrogens with one attached hydrogen (secondary N) is 4. The third kappa shape index (κ3) is 18.3. The van der Waals surface area contributed by atoms with Gasteiger partial charge in [0.05, 0.1) is 0 Å². The van der Waals surface area contributed by atoms with Crippen molar-refractivity contribution in [2.45, 2.75) is 161 Å². The molecule has 0 spiro atoms. The number of unbranched alkanes of at least 4 members (excludes halogenated alkanes) is 1. The molecular formula is C44H68N6O9. The quantitative estimate of drug-likeness (QED) is 0.0752. The van der Waals surface area contributed by atoms with Gasteiger partial charge in [0.2, 0.25) is 11.8 Å². The summed E-state index contributed by atoms with van der Waals surface area (Å²) in [5.41, 5.74) is 4.08. The van der Waals surface area contributed by atoms with Gasteiger partial charge in [-0.1, -0.05) is 24.3 Å². The van der Waals surface area contributed by atoms with E-state index < -0.39 is 58.9 Å². The average Bonchev–Trinajstić information content (AvgIpc) is 3.13. The van der Waals surface area contributed by atoms with E-state index in [-0.39, 0.29) is 50.0 Å². The minimum atomic E-state index is -1.21. The van der Waals surface area contributed by atoms with Crippen LogP contribution in [0.4, 0.5) is 4.79 Å². The Labute approximate surface area is 349 Å². The predicted molar refractivity (Wildman–Crippen MR) is 225 cm³/mol. The number of fused-ring (bicyclic) bond motifs is 1. The first kappa shape index (κ1) is 48.6. The number of aromatic nitrogens is 1. The Bertz CT molecular complexity index is 1740. The molecule has 59 heavy (non-hydrogen) atoms. The van der Waals surface area contributed by atoms with Gasteiger partial charge in [0, 0.05) is 42.6 Å². The van der Waals surface area contributed by atoms with E-state index in [4.69, 9.17) is 19.9 Å². The summed E-state index contributed by atoms with van der Waals surface area (Å²) in [5, 5.41) is 13.1. The molecule has 2 aromatic rings. The number of nitrogens with zero attached hydrogens (tertiary/aromatic N) is 1. The minimum Gasteiger partial charge on any atom is -0.460 e. The highest BCUT2D eigenvalue weighted by Crippen LogP contribution is 2.28. The van der Waals surface area contributed by atoms with Crippen LogP contribution in [0.1, 0.15) is 126 Å². The summed E-state index contributed by atoms with van der Waals surface area (Å²) in [4.78, 5) is 83.8. The fraction of sp³-hybridized carbons (Fsp3) is 0.659. The van der Waals surface area contributed by atoms with Crippen molar-refractivity contribution in [2.75, 3.05) is 13.1 Å². The zero-order valence-corrected chi connectivity index (χ0v) is 36.5. The second kappa shape index (κ2) is 22.0. The summed E-state index contributed by atoms with van der Waals surface area (Å²) in [6, 6.07) is 5.71. The highest BCUT2D eigenvalue weighted by atomic mass is 16.6. The maximum atomic E-state index is 13.7. The predicted octanol–water partition coefficient (Wildman–Crippen LogP) is 5.16. The smallest absolute Gasteiger partial charge is 0.329 e. The molecule has 328 valence electrons. The van der Waals surface area contributed by atoms with E-state index in [1.165, 1.54) is 0 Å². The molecule has 1 heterocycles. The minimum absolute atomic E-state index is 0.0954.